The van der Waals surface area contributed by atoms with E-state index in [1.165, 1.54) is 6.21 Å². The minimum atomic E-state index is -0.831. The van der Waals surface area contributed by atoms with Crippen LogP contribution in [0.1, 0.15) is 16.7 Å². The van der Waals surface area contributed by atoms with Gasteiger partial charge in [-0.05, 0) is 31.0 Å². The van der Waals surface area contributed by atoms with Crippen molar-refractivity contribution in [2.75, 3.05) is 5.32 Å². The highest BCUT2D eigenvalue weighted by Crippen LogP contribution is 2.19. The molecule has 1 aromatic carbocycles. The lowest BCUT2D eigenvalue weighted by atomic mass is 10.1. The number of aromatic nitrogens is 1. The zero-order chi connectivity index (χ0) is 15.9. The molecule has 6 heteroatoms. The fourth-order valence-electron chi connectivity index (χ4n) is 1.85. The molecule has 0 saturated heterocycles. The molecule has 0 fully saturated rings. The molecule has 112 valence electrons. The quantitative estimate of drug-likeness (QED) is 0.514. The Morgan fingerprint density at radius 1 is 1.09 bits per heavy atom. The number of hydrazone groups is 1. The maximum absolute atomic E-state index is 11.8. The topological polar surface area (TPSA) is 83.5 Å². The van der Waals surface area contributed by atoms with Gasteiger partial charge in [-0.2, -0.15) is 5.10 Å². The van der Waals surface area contributed by atoms with E-state index in [2.05, 4.69) is 20.8 Å². The standard InChI is InChI=1S/C16H16N4O2/c1-11-5-3-6-12(2)14(11)19-15(21)16(22)20-18-10-13-7-4-8-17-9-13/h3-10H,1-2H3,(H,19,21)(H,20,22). The predicted octanol–water partition coefficient (Wildman–Crippen LogP) is 1.79. The fourth-order valence-corrected chi connectivity index (χ4v) is 1.85. The summed E-state index contributed by atoms with van der Waals surface area (Å²) in [7, 11) is 0. The molecule has 6 nitrogen and oxygen atoms in total. The van der Waals surface area contributed by atoms with Crippen LogP contribution in [-0.2, 0) is 9.59 Å². The van der Waals surface area contributed by atoms with Gasteiger partial charge in [0.05, 0.1) is 6.21 Å². The van der Waals surface area contributed by atoms with Gasteiger partial charge < -0.3 is 5.32 Å². The number of rotatable bonds is 3. The summed E-state index contributed by atoms with van der Waals surface area (Å²) in [4.78, 5) is 27.5. The second-order valence-corrected chi connectivity index (χ2v) is 4.71. The highest BCUT2D eigenvalue weighted by atomic mass is 16.2. The number of carbonyl (C=O) groups is 2. The van der Waals surface area contributed by atoms with Crippen LogP contribution in [0.15, 0.2) is 47.8 Å². The van der Waals surface area contributed by atoms with Gasteiger partial charge in [0.2, 0.25) is 0 Å². The Hall–Kier alpha value is -3.02. The Labute approximate surface area is 128 Å². The number of anilines is 1. The maximum Gasteiger partial charge on any atom is 0.329 e. The molecule has 0 aliphatic rings. The fraction of sp³-hybridized carbons (Fsp3) is 0.125. The van der Waals surface area contributed by atoms with E-state index in [1.54, 1.807) is 24.5 Å². The predicted molar refractivity (Wildman–Crippen MR) is 84.5 cm³/mol. The van der Waals surface area contributed by atoms with E-state index in [4.69, 9.17) is 0 Å². The Kier molecular flexibility index (Phi) is 4.98. The van der Waals surface area contributed by atoms with Gasteiger partial charge in [0.25, 0.3) is 0 Å². The number of aryl methyl sites for hydroxylation is 2. The number of hydrogen-bond donors (Lipinski definition) is 2. The first-order valence-corrected chi connectivity index (χ1v) is 6.68. The number of amides is 2. The third kappa shape index (κ3) is 3.99. The number of hydrogen-bond acceptors (Lipinski definition) is 4. The van der Waals surface area contributed by atoms with Gasteiger partial charge in [-0.3, -0.25) is 14.6 Å². The lowest BCUT2D eigenvalue weighted by Crippen LogP contribution is -2.32. The average Bonchev–Trinajstić information content (AvgIpc) is 2.52. The van der Waals surface area contributed by atoms with Crippen molar-refractivity contribution in [3.63, 3.8) is 0 Å². The Morgan fingerprint density at radius 2 is 1.82 bits per heavy atom. The first-order valence-electron chi connectivity index (χ1n) is 6.68. The van der Waals surface area contributed by atoms with Crippen molar-refractivity contribution in [2.45, 2.75) is 13.8 Å². The van der Waals surface area contributed by atoms with Crippen LogP contribution in [0.5, 0.6) is 0 Å². The smallest absolute Gasteiger partial charge is 0.317 e. The molecule has 0 aliphatic carbocycles. The van der Waals surface area contributed by atoms with E-state index < -0.39 is 11.8 Å². The van der Waals surface area contributed by atoms with E-state index in [1.807, 2.05) is 32.0 Å². The second-order valence-electron chi connectivity index (χ2n) is 4.71. The van der Waals surface area contributed by atoms with Crippen molar-refractivity contribution < 1.29 is 9.59 Å². The summed E-state index contributed by atoms with van der Waals surface area (Å²) in [5, 5.41) is 6.31. The molecule has 0 spiro atoms. The van der Waals surface area contributed by atoms with Crippen LogP contribution in [0.4, 0.5) is 5.69 Å². The Morgan fingerprint density at radius 3 is 2.45 bits per heavy atom. The molecule has 0 radical (unpaired) electrons. The monoisotopic (exact) mass is 296 g/mol. The van der Waals surface area contributed by atoms with Crippen LogP contribution < -0.4 is 10.7 Å². The summed E-state index contributed by atoms with van der Waals surface area (Å²) in [6, 6.07) is 9.14. The van der Waals surface area contributed by atoms with Gasteiger partial charge in [0.1, 0.15) is 0 Å². The molecule has 0 unspecified atom stereocenters. The van der Waals surface area contributed by atoms with Crippen molar-refractivity contribution in [1.82, 2.24) is 10.4 Å². The van der Waals surface area contributed by atoms with E-state index in [-0.39, 0.29) is 0 Å². The first-order chi connectivity index (χ1) is 10.6. The molecule has 1 aromatic heterocycles. The molecular formula is C16H16N4O2. The van der Waals surface area contributed by atoms with Gasteiger partial charge >= 0.3 is 11.8 Å². The normalized spacial score (nSPS) is 10.5. The largest absolute Gasteiger partial charge is 0.329 e. The number of para-hydroxylation sites is 1. The molecular weight excluding hydrogens is 280 g/mol. The van der Waals surface area contributed by atoms with Gasteiger partial charge in [-0.15, -0.1) is 0 Å². The maximum atomic E-state index is 11.8. The second kappa shape index (κ2) is 7.12. The van der Waals surface area contributed by atoms with E-state index in [0.717, 1.165) is 16.7 Å². The lowest BCUT2D eigenvalue weighted by Gasteiger charge is -2.10. The van der Waals surface area contributed by atoms with Crippen molar-refractivity contribution >= 4 is 23.7 Å². The summed E-state index contributed by atoms with van der Waals surface area (Å²) in [6.07, 6.45) is 4.64. The zero-order valence-corrected chi connectivity index (χ0v) is 12.3. The van der Waals surface area contributed by atoms with Gasteiger partial charge in [-0.1, -0.05) is 24.3 Å². The third-order valence-corrected chi connectivity index (χ3v) is 2.99. The van der Waals surface area contributed by atoms with Crippen LogP contribution in [0, 0.1) is 13.8 Å². The Bertz CT molecular complexity index is 691. The number of carbonyl (C=O) groups excluding carboxylic acids is 2. The molecule has 1 heterocycles. The molecule has 0 saturated carbocycles. The number of benzene rings is 1. The van der Waals surface area contributed by atoms with Crippen molar-refractivity contribution in [3.05, 3.63) is 59.4 Å². The van der Waals surface area contributed by atoms with Gasteiger partial charge in [-0.25, -0.2) is 5.43 Å². The molecule has 2 aromatic rings. The minimum Gasteiger partial charge on any atom is -0.317 e. The van der Waals surface area contributed by atoms with Crippen LogP contribution in [0.25, 0.3) is 0 Å². The van der Waals surface area contributed by atoms with Crippen LogP contribution in [0.2, 0.25) is 0 Å². The molecule has 2 rings (SSSR count). The van der Waals surface area contributed by atoms with E-state index in [0.29, 0.717) is 5.69 Å². The summed E-state index contributed by atoms with van der Waals surface area (Å²) < 4.78 is 0. The SMILES string of the molecule is Cc1cccc(C)c1NC(=O)C(=O)NN=Cc1cccnc1. The lowest BCUT2D eigenvalue weighted by molar-refractivity contribution is -0.136. The number of nitrogens with zero attached hydrogens (tertiary/aromatic N) is 2. The highest BCUT2D eigenvalue weighted by molar-refractivity contribution is 6.39. The molecule has 0 bridgehead atoms. The third-order valence-electron chi connectivity index (χ3n) is 2.99. The molecule has 0 atom stereocenters. The van der Waals surface area contributed by atoms with E-state index in [9.17, 15) is 9.59 Å². The van der Waals surface area contributed by atoms with Crippen LogP contribution in [0.3, 0.4) is 0 Å². The van der Waals surface area contributed by atoms with Crippen molar-refractivity contribution in [2.24, 2.45) is 5.10 Å². The summed E-state index contributed by atoms with van der Waals surface area (Å²) in [5.41, 5.74) is 5.32. The van der Waals surface area contributed by atoms with Gasteiger partial charge in [0, 0.05) is 23.6 Å². The molecule has 22 heavy (non-hydrogen) atoms. The Balaban J connectivity index is 1.95. The van der Waals surface area contributed by atoms with Crippen LogP contribution in [-0.4, -0.2) is 23.0 Å². The highest BCUT2D eigenvalue weighted by Gasteiger charge is 2.14. The molecule has 2 N–H and O–H groups in total. The summed E-state index contributed by atoms with van der Waals surface area (Å²) >= 11 is 0. The minimum absolute atomic E-state index is 0.638. The average molecular weight is 296 g/mol. The zero-order valence-electron chi connectivity index (χ0n) is 12.3. The van der Waals surface area contributed by atoms with Crippen molar-refractivity contribution in [1.29, 1.82) is 0 Å². The van der Waals surface area contributed by atoms with E-state index >= 15 is 0 Å². The molecule has 2 amide bonds. The summed E-state index contributed by atoms with van der Waals surface area (Å²) in [6.45, 7) is 3.72. The first kappa shape index (κ1) is 15.4. The van der Waals surface area contributed by atoms with Gasteiger partial charge in [0.15, 0.2) is 0 Å². The molecule has 0 aliphatic heterocycles. The number of pyridine rings is 1. The van der Waals surface area contributed by atoms with Crippen molar-refractivity contribution in [3.8, 4) is 0 Å². The summed E-state index contributed by atoms with van der Waals surface area (Å²) in [5.74, 6) is -1.59. The van der Waals surface area contributed by atoms with Crippen LogP contribution >= 0.6 is 0 Å². The number of nitrogens with one attached hydrogen (secondary N) is 2.